The molecular weight excluding hydrogens is 765 g/mol. The number of hydrogen-bond acceptors (Lipinski definition) is 3. The van der Waals surface area contributed by atoms with E-state index in [-0.39, 0.29) is 0 Å². The molecule has 0 aliphatic heterocycles. The molecule has 0 saturated carbocycles. The molecule has 0 bridgehead atoms. The van der Waals surface area contributed by atoms with Crippen LogP contribution in [0.2, 0.25) is 0 Å². The van der Waals surface area contributed by atoms with Crippen molar-refractivity contribution < 1.29 is 0 Å². The van der Waals surface area contributed by atoms with Crippen LogP contribution in [0.5, 0.6) is 0 Å². The highest BCUT2D eigenvalue weighted by atomic mass is 15.1. The summed E-state index contributed by atoms with van der Waals surface area (Å²) in [5, 5.41) is 2.49. The molecular formula is C59H42N4. The van der Waals surface area contributed by atoms with E-state index in [1.165, 1.54) is 32.9 Å². The number of para-hydroxylation sites is 2. The molecule has 0 aliphatic carbocycles. The Kier molecular flexibility index (Phi) is 9.72. The lowest BCUT2D eigenvalue weighted by molar-refractivity contribution is 1.17. The molecule has 0 aliphatic rings. The Morgan fingerprint density at radius 1 is 0.365 bits per heavy atom. The minimum Gasteiger partial charge on any atom is -0.310 e. The van der Waals surface area contributed by atoms with Crippen LogP contribution >= 0.6 is 0 Å². The summed E-state index contributed by atoms with van der Waals surface area (Å²) in [5.74, 6) is 0. The number of hydrogen-bond donors (Lipinski definition) is 0. The average Bonchev–Trinajstić information content (AvgIpc) is 3.70. The van der Waals surface area contributed by atoms with Gasteiger partial charge < -0.3 is 9.47 Å². The van der Waals surface area contributed by atoms with Crippen LogP contribution in [0.25, 0.3) is 83.4 Å². The van der Waals surface area contributed by atoms with Crippen LogP contribution in [-0.2, 0) is 0 Å². The van der Waals surface area contributed by atoms with Crippen molar-refractivity contribution in [1.29, 1.82) is 0 Å². The summed E-state index contributed by atoms with van der Waals surface area (Å²) in [6.07, 6.45) is 3.86. The largest absolute Gasteiger partial charge is 0.310 e. The Bertz CT molecular complexity index is 3260. The molecule has 0 N–H and O–H groups in total. The number of anilines is 3. The van der Waals surface area contributed by atoms with Gasteiger partial charge in [-0.05, 0) is 131 Å². The highest BCUT2D eigenvalue weighted by molar-refractivity contribution is 6.09. The van der Waals surface area contributed by atoms with Crippen molar-refractivity contribution in [3.8, 4) is 61.6 Å². The van der Waals surface area contributed by atoms with Gasteiger partial charge in [0.05, 0.1) is 22.4 Å². The third-order valence-electron chi connectivity index (χ3n) is 12.0. The van der Waals surface area contributed by atoms with Gasteiger partial charge >= 0.3 is 0 Å². The van der Waals surface area contributed by atoms with Gasteiger partial charge in [-0.3, -0.25) is 9.97 Å². The molecule has 3 heterocycles. The van der Waals surface area contributed by atoms with E-state index in [1.54, 1.807) is 0 Å². The van der Waals surface area contributed by atoms with E-state index in [9.17, 15) is 0 Å². The Morgan fingerprint density at radius 3 is 1.62 bits per heavy atom. The first-order valence-corrected chi connectivity index (χ1v) is 21.4. The van der Waals surface area contributed by atoms with E-state index < -0.39 is 0 Å². The van der Waals surface area contributed by atoms with Gasteiger partial charge in [-0.2, -0.15) is 0 Å². The zero-order valence-corrected chi connectivity index (χ0v) is 34.8. The first-order valence-electron chi connectivity index (χ1n) is 21.4. The molecule has 4 heteroatoms. The standard InChI is InChI=1S/C59H42N4/c1-41-40-61-57(39-55(41)45-28-26-44(27-29-45)42-15-4-2-5-16-42)46-19-14-20-51(36-46)62(52-37-47(43-17-6-3-7-18-43)35-48(38-52)56-23-12-13-34-60-56)49-30-32-50(33-31-49)63-58-24-10-8-21-53(58)54-22-9-11-25-59(54)63/h2-40H,1H3. The van der Waals surface area contributed by atoms with E-state index in [2.05, 4.69) is 229 Å². The van der Waals surface area contributed by atoms with Gasteiger partial charge in [-0.15, -0.1) is 0 Å². The number of aryl methyl sites for hydroxylation is 1. The molecule has 11 aromatic rings. The average molecular weight is 807 g/mol. The lowest BCUT2D eigenvalue weighted by Gasteiger charge is -2.27. The molecule has 0 saturated heterocycles. The van der Waals surface area contributed by atoms with Crippen LogP contribution in [0.1, 0.15) is 5.56 Å². The quantitative estimate of drug-likeness (QED) is 0.146. The third-order valence-corrected chi connectivity index (χ3v) is 12.0. The predicted octanol–water partition coefficient (Wildman–Crippen LogP) is 15.7. The maximum absolute atomic E-state index is 5.01. The molecule has 4 nitrogen and oxygen atoms in total. The van der Waals surface area contributed by atoms with Crippen LogP contribution in [-0.4, -0.2) is 14.5 Å². The van der Waals surface area contributed by atoms with Crippen LogP contribution in [0.3, 0.4) is 0 Å². The molecule has 298 valence electrons. The maximum atomic E-state index is 5.01. The Hall–Kier alpha value is -8.34. The molecule has 0 amide bonds. The van der Waals surface area contributed by atoms with Crippen molar-refractivity contribution in [2.75, 3.05) is 4.90 Å². The SMILES string of the molecule is Cc1cnc(-c2cccc(N(c3ccc(-n4c5ccccc5c5ccccc54)cc3)c3cc(-c4ccccc4)cc(-c4ccccn4)c3)c2)cc1-c1ccc(-c2ccccc2)cc1. The van der Waals surface area contributed by atoms with Gasteiger partial charge in [-0.25, -0.2) is 0 Å². The fourth-order valence-corrected chi connectivity index (χ4v) is 8.89. The van der Waals surface area contributed by atoms with Crippen molar-refractivity contribution in [2.24, 2.45) is 0 Å². The molecule has 0 fully saturated rings. The zero-order valence-electron chi connectivity index (χ0n) is 34.8. The highest BCUT2D eigenvalue weighted by Crippen LogP contribution is 2.42. The van der Waals surface area contributed by atoms with Gasteiger partial charge in [0.2, 0.25) is 0 Å². The van der Waals surface area contributed by atoms with Crippen molar-refractivity contribution in [3.63, 3.8) is 0 Å². The minimum atomic E-state index is 0.915. The Balaban J connectivity index is 1.05. The summed E-state index contributed by atoms with van der Waals surface area (Å²) in [6, 6.07) is 80.1. The summed E-state index contributed by atoms with van der Waals surface area (Å²) in [6.45, 7) is 2.14. The fraction of sp³-hybridized carbons (Fsp3) is 0.0169. The normalized spacial score (nSPS) is 11.3. The van der Waals surface area contributed by atoms with Crippen LogP contribution in [0.15, 0.2) is 237 Å². The number of fused-ring (bicyclic) bond motifs is 3. The monoisotopic (exact) mass is 806 g/mol. The molecule has 63 heavy (non-hydrogen) atoms. The van der Waals surface area contributed by atoms with Crippen molar-refractivity contribution >= 4 is 38.9 Å². The summed E-state index contributed by atoms with van der Waals surface area (Å²) in [5.41, 5.74) is 18.6. The summed E-state index contributed by atoms with van der Waals surface area (Å²) in [4.78, 5) is 12.2. The van der Waals surface area contributed by atoms with Gasteiger partial charge in [-0.1, -0.05) is 140 Å². The second-order valence-corrected chi connectivity index (χ2v) is 15.9. The van der Waals surface area contributed by atoms with Gasteiger partial charge in [0, 0.05) is 57.0 Å². The Labute approximate surface area is 367 Å². The topological polar surface area (TPSA) is 34.0 Å². The highest BCUT2D eigenvalue weighted by Gasteiger charge is 2.19. The number of benzene rings is 8. The first kappa shape index (κ1) is 37.6. The molecule has 3 aromatic heterocycles. The van der Waals surface area contributed by atoms with Crippen LogP contribution in [0.4, 0.5) is 17.1 Å². The smallest absolute Gasteiger partial charge is 0.0709 e. The summed E-state index contributed by atoms with van der Waals surface area (Å²) >= 11 is 0. The van der Waals surface area contributed by atoms with Crippen LogP contribution in [0, 0.1) is 6.92 Å². The second kappa shape index (κ2) is 16.3. The number of pyridine rings is 2. The maximum Gasteiger partial charge on any atom is 0.0709 e. The summed E-state index contributed by atoms with van der Waals surface area (Å²) in [7, 11) is 0. The Morgan fingerprint density at radius 2 is 0.937 bits per heavy atom. The van der Waals surface area contributed by atoms with Gasteiger partial charge in [0.1, 0.15) is 0 Å². The van der Waals surface area contributed by atoms with E-state index in [4.69, 9.17) is 9.97 Å². The van der Waals surface area contributed by atoms with Gasteiger partial charge in [0.25, 0.3) is 0 Å². The molecule has 8 aromatic carbocycles. The van der Waals surface area contributed by atoms with E-state index >= 15 is 0 Å². The van der Waals surface area contributed by atoms with E-state index in [0.717, 1.165) is 73.1 Å². The van der Waals surface area contributed by atoms with Gasteiger partial charge in [0.15, 0.2) is 0 Å². The zero-order chi connectivity index (χ0) is 42.1. The number of rotatable bonds is 9. The molecule has 0 atom stereocenters. The third kappa shape index (κ3) is 7.24. The minimum absolute atomic E-state index is 0.915. The lowest BCUT2D eigenvalue weighted by Crippen LogP contribution is -2.11. The molecule has 11 rings (SSSR count). The molecule has 0 spiro atoms. The van der Waals surface area contributed by atoms with Crippen LogP contribution < -0.4 is 4.90 Å². The summed E-state index contributed by atoms with van der Waals surface area (Å²) < 4.78 is 2.37. The second-order valence-electron chi connectivity index (χ2n) is 15.9. The van der Waals surface area contributed by atoms with Crippen molar-refractivity contribution in [3.05, 3.63) is 242 Å². The van der Waals surface area contributed by atoms with Crippen molar-refractivity contribution in [2.45, 2.75) is 6.92 Å². The number of aromatic nitrogens is 3. The predicted molar refractivity (Wildman–Crippen MR) is 263 cm³/mol. The fourth-order valence-electron chi connectivity index (χ4n) is 8.89. The van der Waals surface area contributed by atoms with E-state index in [1.807, 2.05) is 24.5 Å². The number of nitrogens with zero attached hydrogens (tertiary/aromatic N) is 4. The van der Waals surface area contributed by atoms with Crippen molar-refractivity contribution in [1.82, 2.24) is 14.5 Å². The first-order chi connectivity index (χ1) is 31.1. The lowest BCUT2D eigenvalue weighted by atomic mass is 9.96. The van der Waals surface area contributed by atoms with E-state index in [0.29, 0.717) is 0 Å². The molecule has 0 radical (unpaired) electrons. The molecule has 0 unspecified atom stereocenters.